The fourth-order valence-electron chi connectivity index (χ4n) is 3.43. The molecule has 134 valence electrons. The van der Waals surface area contributed by atoms with Crippen molar-refractivity contribution in [2.24, 2.45) is 0 Å². The molecule has 2 saturated heterocycles. The molecule has 25 heavy (non-hydrogen) atoms. The van der Waals surface area contributed by atoms with Gasteiger partial charge in [0.25, 0.3) is 5.91 Å². The summed E-state index contributed by atoms with van der Waals surface area (Å²) in [5.74, 6) is -0.822. The Balaban J connectivity index is 1.72. The Morgan fingerprint density at radius 1 is 1.12 bits per heavy atom. The molecule has 0 N–H and O–H groups in total. The van der Waals surface area contributed by atoms with Gasteiger partial charge in [-0.2, -0.15) is 0 Å². The second kappa shape index (κ2) is 7.33. The molecule has 2 aliphatic heterocycles. The van der Waals surface area contributed by atoms with Crippen LogP contribution in [-0.2, 0) is 14.3 Å². The molecule has 1 aromatic carbocycles. The van der Waals surface area contributed by atoms with Crippen LogP contribution in [0, 0.1) is 0 Å². The number of amides is 2. The lowest BCUT2D eigenvalue weighted by Gasteiger charge is -2.36. The average Bonchev–Trinajstić information content (AvgIpc) is 2.95. The zero-order valence-electron chi connectivity index (χ0n) is 14.6. The van der Waals surface area contributed by atoms with Gasteiger partial charge in [0.05, 0.1) is 30.8 Å². The molecule has 1 aromatic rings. The largest absolute Gasteiger partial charge is 0.465 e. The van der Waals surface area contributed by atoms with Gasteiger partial charge in [-0.15, -0.1) is 0 Å². The minimum atomic E-state index is -0.447. The molecule has 2 amide bonds. The molecule has 0 radical (unpaired) electrons. The molecular formula is C18H23N3O4. The molecule has 0 unspecified atom stereocenters. The van der Waals surface area contributed by atoms with Crippen LogP contribution in [0.25, 0.3) is 0 Å². The molecular weight excluding hydrogens is 322 g/mol. The number of piperazine rings is 1. The molecule has 7 nitrogen and oxygen atoms in total. The Morgan fingerprint density at radius 3 is 2.32 bits per heavy atom. The van der Waals surface area contributed by atoms with Gasteiger partial charge in [0.1, 0.15) is 0 Å². The molecule has 1 atom stereocenters. The molecule has 0 saturated carbocycles. The Kier molecular flexibility index (Phi) is 5.15. The van der Waals surface area contributed by atoms with Crippen LogP contribution in [0.5, 0.6) is 0 Å². The molecule has 2 heterocycles. The summed E-state index contributed by atoms with van der Waals surface area (Å²) in [6.45, 7) is 6.56. The second-order valence-corrected chi connectivity index (χ2v) is 6.30. The summed E-state index contributed by atoms with van der Waals surface area (Å²) in [4.78, 5) is 42.4. The fraction of sp³-hybridized carbons (Fsp3) is 0.500. The van der Waals surface area contributed by atoms with Crippen molar-refractivity contribution >= 4 is 23.5 Å². The van der Waals surface area contributed by atoms with E-state index in [0.29, 0.717) is 11.3 Å². The number of anilines is 1. The van der Waals surface area contributed by atoms with Crippen molar-refractivity contribution < 1.29 is 19.1 Å². The van der Waals surface area contributed by atoms with Crippen molar-refractivity contribution in [3.05, 3.63) is 29.8 Å². The summed E-state index contributed by atoms with van der Waals surface area (Å²) in [5.41, 5.74) is 0.884. The van der Waals surface area contributed by atoms with Crippen LogP contribution in [0.4, 0.5) is 5.69 Å². The van der Waals surface area contributed by atoms with Crippen LogP contribution in [0.15, 0.2) is 24.3 Å². The van der Waals surface area contributed by atoms with E-state index in [9.17, 15) is 14.4 Å². The van der Waals surface area contributed by atoms with E-state index in [1.807, 2.05) is 0 Å². The van der Waals surface area contributed by atoms with E-state index in [1.54, 1.807) is 24.3 Å². The van der Waals surface area contributed by atoms with E-state index in [1.165, 1.54) is 12.0 Å². The van der Waals surface area contributed by atoms with Crippen molar-refractivity contribution in [3.8, 4) is 0 Å². The van der Waals surface area contributed by atoms with Crippen molar-refractivity contribution in [1.29, 1.82) is 0 Å². The Bertz CT molecular complexity index is 665. The van der Waals surface area contributed by atoms with Crippen LogP contribution < -0.4 is 4.90 Å². The SMILES string of the molecule is CCN1CCN([C@@H]2CC(=O)N(c3ccc(C(=O)OC)cc3)C2=O)CC1. The van der Waals surface area contributed by atoms with Gasteiger partial charge < -0.3 is 9.64 Å². The number of hydrogen-bond acceptors (Lipinski definition) is 6. The average molecular weight is 345 g/mol. The molecule has 7 heteroatoms. The standard InChI is InChI=1S/C18H23N3O4/c1-3-19-8-10-20(11-9-19)15-12-16(22)21(17(15)23)14-6-4-13(5-7-14)18(24)25-2/h4-7,15H,3,8-12H2,1-2H3/t15-/m1/s1. The Labute approximate surface area is 147 Å². The monoisotopic (exact) mass is 345 g/mol. The van der Waals surface area contributed by atoms with Gasteiger partial charge in [-0.1, -0.05) is 6.92 Å². The van der Waals surface area contributed by atoms with Gasteiger partial charge in [-0.3, -0.25) is 14.5 Å². The Morgan fingerprint density at radius 2 is 1.76 bits per heavy atom. The number of ether oxygens (including phenoxy) is 1. The maximum absolute atomic E-state index is 12.8. The summed E-state index contributed by atoms with van der Waals surface area (Å²) in [6.07, 6.45) is 0.212. The van der Waals surface area contributed by atoms with Crippen molar-refractivity contribution in [2.75, 3.05) is 44.7 Å². The minimum absolute atomic E-state index is 0.180. The highest BCUT2D eigenvalue weighted by Gasteiger charge is 2.43. The van der Waals surface area contributed by atoms with Crippen LogP contribution in [0.1, 0.15) is 23.7 Å². The van der Waals surface area contributed by atoms with Crippen molar-refractivity contribution in [3.63, 3.8) is 0 Å². The molecule has 0 aromatic heterocycles. The van der Waals surface area contributed by atoms with Crippen LogP contribution >= 0.6 is 0 Å². The van der Waals surface area contributed by atoms with E-state index in [-0.39, 0.29) is 24.3 Å². The Hall–Kier alpha value is -2.25. The number of likely N-dealkylation sites (N-methyl/N-ethyl adjacent to an activating group) is 1. The lowest BCUT2D eigenvalue weighted by Crippen LogP contribution is -2.52. The minimum Gasteiger partial charge on any atom is -0.465 e. The highest BCUT2D eigenvalue weighted by molar-refractivity contribution is 6.22. The second-order valence-electron chi connectivity index (χ2n) is 6.30. The zero-order valence-corrected chi connectivity index (χ0v) is 14.6. The normalized spacial score (nSPS) is 22.5. The summed E-state index contributed by atoms with van der Waals surface area (Å²) in [7, 11) is 1.31. The fourth-order valence-corrected chi connectivity index (χ4v) is 3.43. The molecule has 2 fully saturated rings. The third kappa shape index (κ3) is 3.43. The number of hydrogen-bond donors (Lipinski definition) is 0. The van der Waals surface area contributed by atoms with E-state index in [4.69, 9.17) is 0 Å². The van der Waals surface area contributed by atoms with Gasteiger partial charge in [0.15, 0.2) is 0 Å². The summed E-state index contributed by atoms with van der Waals surface area (Å²) >= 11 is 0. The number of imide groups is 1. The van der Waals surface area contributed by atoms with Gasteiger partial charge >= 0.3 is 5.97 Å². The third-order valence-corrected chi connectivity index (χ3v) is 4.96. The van der Waals surface area contributed by atoms with Crippen LogP contribution in [0.3, 0.4) is 0 Å². The molecule has 2 aliphatic rings. The topological polar surface area (TPSA) is 70.2 Å². The number of benzene rings is 1. The maximum atomic E-state index is 12.8. The lowest BCUT2D eigenvalue weighted by molar-refractivity contribution is -0.123. The van der Waals surface area contributed by atoms with Gasteiger partial charge in [-0.25, -0.2) is 9.69 Å². The zero-order chi connectivity index (χ0) is 18.0. The summed E-state index contributed by atoms with van der Waals surface area (Å²) < 4.78 is 4.66. The third-order valence-electron chi connectivity index (χ3n) is 4.96. The predicted octanol–water partition coefficient (Wildman–Crippen LogP) is 0.743. The summed E-state index contributed by atoms with van der Waals surface area (Å²) in [5, 5.41) is 0. The van der Waals surface area contributed by atoms with Crippen LogP contribution in [-0.4, -0.2) is 73.5 Å². The molecule has 0 aliphatic carbocycles. The smallest absolute Gasteiger partial charge is 0.337 e. The quantitative estimate of drug-likeness (QED) is 0.592. The van der Waals surface area contributed by atoms with E-state index in [0.717, 1.165) is 32.7 Å². The van der Waals surface area contributed by atoms with Crippen molar-refractivity contribution in [1.82, 2.24) is 9.80 Å². The van der Waals surface area contributed by atoms with Gasteiger partial charge in [-0.05, 0) is 30.8 Å². The molecule has 3 rings (SSSR count). The van der Waals surface area contributed by atoms with E-state index in [2.05, 4.69) is 21.5 Å². The molecule has 0 bridgehead atoms. The lowest BCUT2D eigenvalue weighted by atomic mass is 10.1. The van der Waals surface area contributed by atoms with Gasteiger partial charge in [0, 0.05) is 26.2 Å². The number of nitrogens with zero attached hydrogens (tertiary/aromatic N) is 3. The number of methoxy groups -OCH3 is 1. The molecule has 0 spiro atoms. The number of esters is 1. The van der Waals surface area contributed by atoms with Gasteiger partial charge in [0.2, 0.25) is 5.91 Å². The number of carbonyl (C=O) groups excluding carboxylic acids is 3. The van der Waals surface area contributed by atoms with E-state index < -0.39 is 5.97 Å². The number of carbonyl (C=O) groups is 3. The first kappa shape index (κ1) is 17.6. The summed E-state index contributed by atoms with van der Waals surface area (Å²) in [6, 6.07) is 5.97. The number of rotatable bonds is 4. The van der Waals surface area contributed by atoms with Crippen LogP contribution in [0.2, 0.25) is 0 Å². The highest BCUT2D eigenvalue weighted by Crippen LogP contribution is 2.26. The maximum Gasteiger partial charge on any atom is 0.337 e. The van der Waals surface area contributed by atoms with Crippen molar-refractivity contribution in [2.45, 2.75) is 19.4 Å². The first-order chi connectivity index (χ1) is 12.0. The highest BCUT2D eigenvalue weighted by atomic mass is 16.5. The van der Waals surface area contributed by atoms with E-state index >= 15 is 0 Å². The first-order valence-corrected chi connectivity index (χ1v) is 8.56. The first-order valence-electron chi connectivity index (χ1n) is 8.56. The predicted molar refractivity (Wildman–Crippen MR) is 92.4 cm³/mol.